The lowest BCUT2D eigenvalue weighted by Gasteiger charge is -2.31. The monoisotopic (exact) mass is 474 g/mol. The standard InChI is InChI=1S/C27H30N4O4/c28-24(15-2-1-3-15)26-23(27(32)33)19-6-4-16-13-29-21(12-20(16)25(19)31-26)17-5-7-22(30-14-17)35-18-8-10-34-11-9-18/h5,7,12-15,18,24,31H,1-4,6,8-11,28H2,(H,32,33). The van der Waals surface area contributed by atoms with Gasteiger partial charge in [0.15, 0.2) is 0 Å². The molecule has 8 nitrogen and oxygen atoms in total. The molecule has 35 heavy (non-hydrogen) atoms. The summed E-state index contributed by atoms with van der Waals surface area (Å²) in [5.74, 6) is 0.0360. The maximum absolute atomic E-state index is 12.2. The number of hydrogen-bond donors (Lipinski definition) is 3. The van der Waals surface area contributed by atoms with E-state index in [4.69, 9.17) is 15.2 Å². The third-order valence-electron chi connectivity index (χ3n) is 7.73. The minimum atomic E-state index is -0.908. The minimum absolute atomic E-state index is 0.138. The number of carbonyl (C=O) groups is 1. The van der Waals surface area contributed by atoms with E-state index < -0.39 is 5.97 Å². The first kappa shape index (κ1) is 22.2. The van der Waals surface area contributed by atoms with Crippen molar-refractivity contribution in [2.75, 3.05) is 13.2 Å². The van der Waals surface area contributed by atoms with Crippen LogP contribution in [0.2, 0.25) is 0 Å². The van der Waals surface area contributed by atoms with Crippen molar-refractivity contribution in [2.45, 2.75) is 57.1 Å². The molecule has 0 amide bonds. The van der Waals surface area contributed by atoms with Crippen LogP contribution in [0.4, 0.5) is 0 Å². The van der Waals surface area contributed by atoms with Crippen molar-refractivity contribution in [1.82, 2.24) is 15.0 Å². The van der Waals surface area contributed by atoms with Gasteiger partial charge < -0.3 is 25.3 Å². The number of aromatic nitrogens is 3. The number of ether oxygens (including phenoxy) is 2. The number of H-pyrrole nitrogens is 1. The largest absolute Gasteiger partial charge is 0.478 e. The average Bonchev–Trinajstić information content (AvgIpc) is 3.24. The number of hydrogen-bond acceptors (Lipinski definition) is 6. The second-order valence-electron chi connectivity index (χ2n) is 9.83. The molecule has 0 spiro atoms. The van der Waals surface area contributed by atoms with Crippen molar-refractivity contribution in [3.05, 3.63) is 53.0 Å². The molecular weight excluding hydrogens is 444 g/mol. The highest BCUT2D eigenvalue weighted by molar-refractivity contribution is 5.95. The lowest BCUT2D eigenvalue weighted by molar-refractivity contribution is 0.0237. The van der Waals surface area contributed by atoms with E-state index in [0.717, 1.165) is 85.4 Å². The summed E-state index contributed by atoms with van der Waals surface area (Å²) in [5, 5.41) is 10.0. The highest BCUT2D eigenvalue weighted by Crippen LogP contribution is 2.42. The predicted molar refractivity (Wildman–Crippen MR) is 130 cm³/mol. The summed E-state index contributed by atoms with van der Waals surface area (Å²) in [6.07, 6.45) is 10.2. The lowest BCUT2D eigenvalue weighted by atomic mass is 9.78. The van der Waals surface area contributed by atoms with E-state index in [-0.39, 0.29) is 12.1 Å². The van der Waals surface area contributed by atoms with E-state index in [2.05, 4.69) is 15.0 Å². The molecule has 1 saturated carbocycles. The Hall–Kier alpha value is -3.23. The predicted octanol–water partition coefficient (Wildman–Crippen LogP) is 4.29. The molecule has 3 aromatic rings. The number of carboxylic acid groups (broad SMARTS) is 1. The summed E-state index contributed by atoms with van der Waals surface area (Å²) >= 11 is 0. The fraction of sp³-hybridized carbons (Fsp3) is 0.444. The quantitative estimate of drug-likeness (QED) is 0.487. The second kappa shape index (κ2) is 9.09. The molecule has 0 radical (unpaired) electrons. The van der Waals surface area contributed by atoms with Crippen LogP contribution in [-0.4, -0.2) is 45.3 Å². The van der Waals surface area contributed by atoms with Crippen molar-refractivity contribution in [3.63, 3.8) is 0 Å². The van der Waals surface area contributed by atoms with Crippen LogP contribution in [0.25, 0.3) is 22.5 Å². The van der Waals surface area contributed by atoms with Crippen LogP contribution in [0.3, 0.4) is 0 Å². The molecular formula is C27H30N4O4. The van der Waals surface area contributed by atoms with Crippen molar-refractivity contribution in [2.24, 2.45) is 11.7 Å². The molecule has 4 N–H and O–H groups in total. The molecule has 1 saturated heterocycles. The van der Waals surface area contributed by atoms with Crippen LogP contribution < -0.4 is 10.5 Å². The van der Waals surface area contributed by atoms with E-state index in [9.17, 15) is 9.90 Å². The van der Waals surface area contributed by atoms with E-state index in [1.165, 1.54) is 0 Å². The molecule has 1 aliphatic heterocycles. The maximum Gasteiger partial charge on any atom is 0.337 e. The number of nitrogens with two attached hydrogens (primary N) is 1. The Kier molecular flexibility index (Phi) is 5.78. The zero-order valence-corrected chi connectivity index (χ0v) is 19.6. The third kappa shape index (κ3) is 4.10. The van der Waals surface area contributed by atoms with E-state index >= 15 is 0 Å². The van der Waals surface area contributed by atoms with Gasteiger partial charge in [-0.2, -0.15) is 0 Å². The van der Waals surface area contributed by atoms with Crippen LogP contribution in [0.1, 0.15) is 65.3 Å². The van der Waals surface area contributed by atoms with Crippen molar-refractivity contribution >= 4 is 5.97 Å². The number of nitrogens with one attached hydrogen (secondary N) is 1. The van der Waals surface area contributed by atoms with Gasteiger partial charge in [-0.05, 0) is 54.9 Å². The Balaban J connectivity index is 1.31. The number of nitrogens with zero attached hydrogens (tertiary/aromatic N) is 2. The fourth-order valence-electron chi connectivity index (χ4n) is 5.47. The summed E-state index contributed by atoms with van der Waals surface area (Å²) in [4.78, 5) is 24.9. The van der Waals surface area contributed by atoms with Gasteiger partial charge in [-0.25, -0.2) is 9.78 Å². The summed E-state index contributed by atoms with van der Waals surface area (Å²) < 4.78 is 11.4. The zero-order valence-electron chi connectivity index (χ0n) is 19.6. The summed E-state index contributed by atoms with van der Waals surface area (Å²) in [7, 11) is 0. The van der Waals surface area contributed by atoms with Gasteiger partial charge in [0.2, 0.25) is 5.88 Å². The Morgan fingerprint density at radius 2 is 1.97 bits per heavy atom. The summed E-state index contributed by atoms with van der Waals surface area (Å²) in [5.41, 5.74) is 13.1. The molecule has 4 heterocycles. The average molecular weight is 475 g/mol. The molecule has 3 aromatic heterocycles. The number of aryl methyl sites for hydroxylation is 1. The normalized spacial score (nSPS) is 18.9. The highest BCUT2D eigenvalue weighted by atomic mass is 16.5. The Morgan fingerprint density at radius 3 is 2.66 bits per heavy atom. The molecule has 1 atom stereocenters. The Labute approximate surface area is 203 Å². The summed E-state index contributed by atoms with van der Waals surface area (Å²) in [6, 6.07) is 5.60. The van der Waals surface area contributed by atoms with Crippen LogP contribution in [-0.2, 0) is 17.6 Å². The number of aromatic amines is 1. The number of aromatic carboxylic acids is 1. The molecule has 6 rings (SSSR count). The molecule has 182 valence electrons. The maximum atomic E-state index is 12.2. The van der Waals surface area contributed by atoms with Gasteiger partial charge in [-0.15, -0.1) is 0 Å². The van der Waals surface area contributed by atoms with E-state index in [0.29, 0.717) is 29.5 Å². The molecule has 2 aliphatic carbocycles. The van der Waals surface area contributed by atoms with Crippen LogP contribution in [0, 0.1) is 5.92 Å². The van der Waals surface area contributed by atoms with E-state index in [1.54, 1.807) is 6.20 Å². The van der Waals surface area contributed by atoms with Crippen LogP contribution >= 0.6 is 0 Å². The Bertz CT molecular complexity index is 1240. The molecule has 1 unspecified atom stereocenters. The third-order valence-corrected chi connectivity index (χ3v) is 7.73. The van der Waals surface area contributed by atoms with Crippen LogP contribution in [0.5, 0.6) is 5.88 Å². The molecule has 2 fully saturated rings. The molecule has 8 heteroatoms. The van der Waals surface area contributed by atoms with Gasteiger partial charge in [0.05, 0.1) is 30.2 Å². The van der Waals surface area contributed by atoms with Gasteiger partial charge in [-0.3, -0.25) is 4.98 Å². The topological polar surface area (TPSA) is 123 Å². The van der Waals surface area contributed by atoms with E-state index in [1.807, 2.05) is 24.4 Å². The van der Waals surface area contributed by atoms with Gasteiger partial charge in [0.1, 0.15) is 6.10 Å². The highest BCUT2D eigenvalue weighted by Gasteiger charge is 2.34. The molecule has 3 aliphatic rings. The number of fused-ring (bicyclic) bond motifs is 3. The number of pyridine rings is 2. The van der Waals surface area contributed by atoms with Crippen molar-refractivity contribution < 1.29 is 19.4 Å². The zero-order chi connectivity index (χ0) is 23.9. The molecule has 0 aromatic carbocycles. The van der Waals surface area contributed by atoms with Gasteiger partial charge in [0.25, 0.3) is 0 Å². The van der Waals surface area contributed by atoms with Crippen LogP contribution in [0.15, 0.2) is 30.6 Å². The summed E-state index contributed by atoms with van der Waals surface area (Å²) in [6.45, 7) is 1.44. The SMILES string of the molecule is NC(c1[nH]c2c(c1C(=O)O)CCc1cnc(-c3ccc(OC4CCOCC4)nc3)cc1-2)C1CCC1. The first-order valence-electron chi connectivity index (χ1n) is 12.5. The minimum Gasteiger partial charge on any atom is -0.478 e. The second-order valence-corrected chi connectivity index (χ2v) is 9.83. The molecule has 0 bridgehead atoms. The Morgan fingerprint density at radius 1 is 1.14 bits per heavy atom. The van der Waals surface area contributed by atoms with Crippen molar-refractivity contribution in [3.8, 4) is 28.4 Å². The fourth-order valence-corrected chi connectivity index (χ4v) is 5.47. The van der Waals surface area contributed by atoms with Gasteiger partial charge >= 0.3 is 5.97 Å². The number of rotatable bonds is 6. The first-order valence-corrected chi connectivity index (χ1v) is 12.5. The van der Waals surface area contributed by atoms with Crippen molar-refractivity contribution in [1.29, 1.82) is 0 Å². The van der Waals surface area contributed by atoms with Gasteiger partial charge in [-0.1, -0.05) is 6.42 Å². The smallest absolute Gasteiger partial charge is 0.337 e. The lowest BCUT2D eigenvalue weighted by Crippen LogP contribution is -2.28. The first-order chi connectivity index (χ1) is 17.1. The number of carboxylic acids is 1. The van der Waals surface area contributed by atoms with Gasteiger partial charge in [0, 0.05) is 54.2 Å².